The smallest absolute Gasteiger partial charge is 1.00 e. The summed E-state index contributed by atoms with van der Waals surface area (Å²) < 4.78 is 0. The van der Waals surface area contributed by atoms with Gasteiger partial charge in [0.15, 0.2) is 0 Å². The van der Waals surface area contributed by atoms with Gasteiger partial charge in [0.1, 0.15) is 0 Å². The molecule has 0 fully saturated rings. The topological polar surface area (TPSA) is 57.5 Å². The molecule has 0 spiro atoms. The molecule has 0 amide bonds. The summed E-state index contributed by atoms with van der Waals surface area (Å²) >= 11 is 0. The van der Waals surface area contributed by atoms with E-state index in [-0.39, 0.29) is 94.4 Å². The maximum atomic E-state index is 8.56. The second kappa shape index (κ2) is 15.7. The van der Waals surface area contributed by atoms with Gasteiger partial charge in [-0.2, -0.15) is 0 Å². The normalized spacial score (nSPS) is 3.43. The fraction of sp³-hybridized carbons (Fsp3) is 0. The van der Waals surface area contributed by atoms with Crippen molar-refractivity contribution in [2.24, 2.45) is 0 Å². The molecule has 0 aliphatic carbocycles. The molecule has 0 aliphatic rings. The third-order valence-electron chi connectivity index (χ3n) is 0. The Kier molecular flexibility index (Phi) is 51.3. The van der Waals surface area contributed by atoms with Crippen molar-refractivity contribution in [3.05, 3.63) is 0 Å². The first-order valence-electron chi connectivity index (χ1n) is 0.651. The molecule has 0 unspecified atom stereocenters. The van der Waals surface area contributed by atoms with Gasteiger partial charge in [0.25, 0.3) is 0 Å². The summed E-state index contributed by atoms with van der Waals surface area (Å²) in [5.74, 6) is 0. The van der Waals surface area contributed by atoms with Gasteiger partial charge in [-0.25, -0.2) is 4.79 Å². The van der Waals surface area contributed by atoms with Gasteiger partial charge in [0, 0.05) is 0 Å². The molecule has 0 saturated carbocycles. The molecule has 0 aromatic rings. The van der Waals surface area contributed by atoms with Crippen molar-refractivity contribution >= 4 is 19.7 Å². The molecule has 0 heterocycles. The van der Waals surface area contributed by atoms with Crippen LogP contribution >= 0.6 is 0 Å². The molecule has 0 bridgehead atoms. The van der Waals surface area contributed by atoms with E-state index in [2.05, 4.69) is 0 Å². The van der Waals surface area contributed by atoms with E-state index in [1.165, 1.54) is 0 Å². The number of rotatable bonds is 0. The van der Waals surface area contributed by atoms with E-state index >= 15 is 0 Å². The van der Waals surface area contributed by atoms with Gasteiger partial charge in [-0.15, -0.1) is 0 Å². The summed E-state index contributed by atoms with van der Waals surface area (Å²) in [5, 5.41) is 13.9. The zero-order valence-corrected chi connectivity index (χ0v) is 10.2. The van der Waals surface area contributed by atoms with E-state index in [4.69, 9.17) is 15.0 Å². The molecule has 0 radical (unpaired) electrons. The van der Waals surface area contributed by atoms with E-state index in [0.29, 0.717) is 0 Å². The Morgan fingerprint density at radius 1 is 1.29 bits per heavy atom. The Bertz CT molecular complexity index is 37.9. The van der Waals surface area contributed by atoms with E-state index in [1.807, 2.05) is 0 Å². The minimum absolute atomic E-state index is 0. The van der Waals surface area contributed by atoms with Crippen molar-refractivity contribution in [3.63, 3.8) is 0 Å². The maximum Gasteiger partial charge on any atom is 1.00 e. The summed E-state index contributed by atoms with van der Waals surface area (Å²) in [5.41, 5.74) is 0. The molecular formula is CH2KNaO3S. The van der Waals surface area contributed by atoms with Gasteiger partial charge in [-0.05, 0) is 0 Å². The van der Waals surface area contributed by atoms with Crippen LogP contribution in [-0.4, -0.2) is 16.4 Å². The fourth-order valence-electron chi connectivity index (χ4n) is 0. The second-order valence-electron chi connectivity index (χ2n) is 0.283. The molecule has 0 rings (SSSR count). The first-order chi connectivity index (χ1) is 1.73. The molecule has 3 nitrogen and oxygen atoms in total. The van der Waals surface area contributed by atoms with Gasteiger partial charge in [0.2, 0.25) is 0 Å². The first kappa shape index (κ1) is 22.8. The van der Waals surface area contributed by atoms with Crippen LogP contribution in [0.25, 0.3) is 0 Å². The summed E-state index contributed by atoms with van der Waals surface area (Å²) in [6.45, 7) is 0. The zero-order valence-electron chi connectivity index (χ0n) is 4.21. The van der Waals surface area contributed by atoms with E-state index in [0.717, 1.165) is 0 Å². The van der Waals surface area contributed by atoms with Crippen molar-refractivity contribution < 1.29 is 95.9 Å². The maximum absolute atomic E-state index is 8.56. The molecule has 0 aromatic carbocycles. The molecule has 32 valence electrons. The van der Waals surface area contributed by atoms with Crippen molar-refractivity contribution in [2.45, 2.75) is 0 Å². The minimum atomic E-state index is -1.83. The van der Waals surface area contributed by atoms with Gasteiger partial charge < -0.3 is 23.7 Å². The summed E-state index contributed by atoms with van der Waals surface area (Å²) in [4.78, 5) is 8.56. The molecule has 2 N–H and O–H groups in total. The van der Waals surface area contributed by atoms with Crippen LogP contribution in [0.15, 0.2) is 0 Å². The Morgan fingerprint density at radius 3 is 1.29 bits per heavy atom. The molecule has 0 atom stereocenters. The average Bonchev–Trinajstić information content (AvgIpc) is 0.811. The first-order valence-corrected chi connectivity index (χ1v) is 0.651. The molecule has 0 saturated heterocycles. The summed E-state index contributed by atoms with van der Waals surface area (Å²) in [6, 6.07) is 0. The largest absolute Gasteiger partial charge is 2.00 e. The van der Waals surface area contributed by atoms with Crippen LogP contribution in [0, 0.1) is 0 Å². The molecule has 7 heavy (non-hydrogen) atoms. The Labute approximate surface area is 113 Å². The summed E-state index contributed by atoms with van der Waals surface area (Å²) in [6.07, 6.45) is -1.83. The SMILES string of the molecule is O=C(O)O.[K+].[Na+].[S-2]. The molecule has 0 aliphatic heterocycles. The van der Waals surface area contributed by atoms with Crippen LogP contribution < -0.4 is 80.9 Å². The van der Waals surface area contributed by atoms with Crippen LogP contribution in [0.3, 0.4) is 0 Å². The van der Waals surface area contributed by atoms with Crippen molar-refractivity contribution in [2.75, 3.05) is 0 Å². The fourth-order valence-corrected chi connectivity index (χ4v) is 0. The monoisotopic (exact) mass is 156 g/mol. The number of carboxylic acid groups (broad SMARTS) is 2. The third-order valence-corrected chi connectivity index (χ3v) is 0. The number of carbonyl (C=O) groups is 1. The predicted octanol–water partition coefficient (Wildman–Crippen LogP) is -5.77. The van der Waals surface area contributed by atoms with Crippen LogP contribution in [0.4, 0.5) is 4.79 Å². The van der Waals surface area contributed by atoms with E-state index in [9.17, 15) is 0 Å². The zero-order chi connectivity index (χ0) is 3.58. The summed E-state index contributed by atoms with van der Waals surface area (Å²) in [7, 11) is 0. The average molecular weight is 156 g/mol. The van der Waals surface area contributed by atoms with E-state index < -0.39 is 6.16 Å². The van der Waals surface area contributed by atoms with Gasteiger partial charge >= 0.3 is 87.1 Å². The van der Waals surface area contributed by atoms with Crippen LogP contribution in [-0.2, 0) is 13.5 Å². The van der Waals surface area contributed by atoms with Crippen molar-refractivity contribution in [1.82, 2.24) is 0 Å². The number of hydrogen-bond acceptors (Lipinski definition) is 1. The second-order valence-corrected chi connectivity index (χ2v) is 0.283. The van der Waals surface area contributed by atoms with Crippen LogP contribution in [0.2, 0.25) is 0 Å². The van der Waals surface area contributed by atoms with E-state index in [1.54, 1.807) is 0 Å². The van der Waals surface area contributed by atoms with Gasteiger partial charge in [-0.1, -0.05) is 0 Å². The Hall–Kier alpha value is 2.26. The quantitative estimate of drug-likeness (QED) is 0.344. The minimum Gasteiger partial charge on any atom is -2.00 e. The predicted molar refractivity (Wildman–Crippen MR) is 18.0 cm³/mol. The van der Waals surface area contributed by atoms with Crippen LogP contribution in [0.1, 0.15) is 0 Å². The van der Waals surface area contributed by atoms with Gasteiger partial charge in [0.05, 0.1) is 0 Å². The Morgan fingerprint density at radius 2 is 1.29 bits per heavy atom. The van der Waals surface area contributed by atoms with Crippen molar-refractivity contribution in [1.29, 1.82) is 0 Å². The third kappa shape index (κ3) is 63.5. The van der Waals surface area contributed by atoms with Crippen LogP contribution in [0.5, 0.6) is 0 Å². The molecular weight excluding hydrogens is 154 g/mol. The Balaban J connectivity index is -0.0000000150. The molecule has 0 aromatic heterocycles. The van der Waals surface area contributed by atoms with Crippen molar-refractivity contribution in [3.8, 4) is 0 Å². The standard InChI is InChI=1S/CH2O3.K.Na.S/c2-1(3)4;;;/h(H2,2,3,4);;;/q;2*+1;-2. The van der Waals surface area contributed by atoms with Gasteiger partial charge in [-0.3, -0.25) is 0 Å². The number of hydrogen-bond donors (Lipinski definition) is 2. The molecule has 6 heteroatoms.